The first-order chi connectivity index (χ1) is 7.33. The highest BCUT2D eigenvalue weighted by Gasteiger charge is 2.32. The van der Waals surface area contributed by atoms with Crippen molar-refractivity contribution in [1.29, 1.82) is 0 Å². The first kappa shape index (κ1) is 13.1. The van der Waals surface area contributed by atoms with Gasteiger partial charge in [0.1, 0.15) is 5.75 Å². The maximum absolute atomic E-state index is 11.9. The average Bonchev–Trinajstić information content (AvgIpc) is 2.18. The minimum atomic E-state index is -4.74. The Labute approximate surface area is 96.1 Å². The number of rotatable bonds is 3. The summed E-state index contributed by atoms with van der Waals surface area (Å²) in [6.45, 7) is 1.87. The van der Waals surface area contributed by atoms with E-state index in [0.717, 1.165) is 0 Å². The summed E-state index contributed by atoms with van der Waals surface area (Å²) >= 11 is 5.66. The highest BCUT2D eigenvalue weighted by Crippen LogP contribution is 2.32. The second-order valence-corrected chi connectivity index (χ2v) is 3.66. The van der Waals surface area contributed by atoms with Crippen LogP contribution in [0.4, 0.5) is 13.2 Å². The zero-order valence-corrected chi connectivity index (χ0v) is 9.27. The Balaban J connectivity index is 2.92. The first-order valence-electron chi connectivity index (χ1n) is 4.64. The second kappa shape index (κ2) is 4.93. The third kappa shape index (κ3) is 3.57. The lowest BCUT2D eigenvalue weighted by atomic mass is 10.1. The fraction of sp³-hybridized carbons (Fsp3) is 0.400. The summed E-state index contributed by atoms with van der Waals surface area (Å²) in [5, 5.41) is -0.0984. The minimum Gasteiger partial charge on any atom is -0.404 e. The van der Waals surface area contributed by atoms with Crippen molar-refractivity contribution in [2.75, 3.05) is 0 Å². The van der Waals surface area contributed by atoms with Crippen LogP contribution >= 0.6 is 11.6 Å². The zero-order valence-electron chi connectivity index (χ0n) is 8.51. The maximum atomic E-state index is 11.9. The van der Waals surface area contributed by atoms with Crippen LogP contribution in [-0.2, 0) is 0 Å². The Kier molecular flexibility index (Phi) is 4.04. The highest BCUT2D eigenvalue weighted by atomic mass is 35.5. The van der Waals surface area contributed by atoms with Crippen LogP contribution < -0.4 is 10.5 Å². The van der Waals surface area contributed by atoms with Crippen molar-refractivity contribution >= 4 is 11.6 Å². The average molecular weight is 254 g/mol. The summed E-state index contributed by atoms with van der Waals surface area (Å²) in [4.78, 5) is 0. The van der Waals surface area contributed by atoms with Gasteiger partial charge in [0.25, 0.3) is 0 Å². The Bertz CT molecular complexity index is 368. The molecule has 1 rings (SSSR count). The fourth-order valence-electron chi connectivity index (χ4n) is 1.19. The van der Waals surface area contributed by atoms with Gasteiger partial charge in [-0.25, -0.2) is 0 Å². The van der Waals surface area contributed by atoms with Gasteiger partial charge >= 0.3 is 6.36 Å². The van der Waals surface area contributed by atoms with Gasteiger partial charge in [-0.1, -0.05) is 24.6 Å². The van der Waals surface area contributed by atoms with Gasteiger partial charge in [0, 0.05) is 6.04 Å². The molecular formula is C10H11ClF3NO. The molecule has 1 aromatic rings. The number of ether oxygens (including phenoxy) is 1. The van der Waals surface area contributed by atoms with Crippen molar-refractivity contribution < 1.29 is 17.9 Å². The van der Waals surface area contributed by atoms with Crippen LogP contribution in [0.5, 0.6) is 5.75 Å². The molecule has 0 aromatic heterocycles. The van der Waals surface area contributed by atoms with E-state index >= 15 is 0 Å². The molecule has 0 radical (unpaired) electrons. The van der Waals surface area contributed by atoms with Crippen LogP contribution in [0.1, 0.15) is 24.9 Å². The lowest BCUT2D eigenvalue weighted by Gasteiger charge is -2.13. The Morgan fingerprint density at radius 3 is 2.50 bits per heavy atom. The van der Waals surface area contributed by atoms with Crippen LogP contribution in [0.15, 0.2) is 18.2 Å². The lowest BCUT2D eigenvalue weighted by Crippen LogP contribution is -2.17. The summed E-state index contributed by atoms with van der Waals surface area (Å²) < 4.78 is 39.6. The Morgan fingerprint density at radius 2 is 2.06 bits per heavy atom. The molecule has 0 fully saturated rings. The van der Waals surface area contributed by atoms with E-state index in [1.54, 1.807) is 0 Å². The molecule has 90 valence electrons. The van der Waals surface area contributed by atoms with Crippen molar-refractivity contribution in [3.8, 4) is 5.75 Å². The number of alkyl halides is 3. The summed E-state index contributed by atoms with van der Waals surface area (Å²) in [7, 11) is 0. The smallest absolute Gasteiger partial charge is 0.404 e. The van der Waals surface area contributed by atoms with Crippen molar-refractivity contribution in [3.05, 3.63) is 28.8 Å². The van der Waals surface area contributed by atoms with Gasteiger partial charge in [-0.15, -0.1) is 13.2 Å². The van der Waals surface area contributed by atoms with E-state index in [2.05, 4.69) is 4.74 Å². The monoisotopic (exact) mass is 253 g/mol. The molecule has 0 saturated heterocycles. The summed E-state index contributed by atoms with van der Waals surface area (Å²) in [5.41, 5.74) is 6.40. The van der Waals surface area contributed by atoms with Crippen molar-refractivity contribution in [1.82, 2.24) is 0 Å². The topological polar surface area (TPSA) is 35.2 Å². The molecule has 2 nitrogen and oxygen atoms in total. The number of hydrogen-bond acceptors (Lipinski definition) is 2. The molecule has 16 heavy (non-hydrogen) atoms. The molecule has 0 aliphatic rings. The molecule has 0 heterocycles. The number of hydrogen-bond donors (Lipinski definition) is 1. The number of nitrogens with two attached hydrogens (primary N) is 1. The van der Waals surface area contributed by atoms with E-state index in [4.69, 9.17) is 17.3 Å². The quantitative estimate of drug-likeness (QED) is 0.892. The Morgan fingerprint density at radius 1 is 1.44 bits per heavy atom. The van der Waals surface area contributed by atoms with Gasteiger partial charge in [0.2, 0.25) is 0 Å². The second-order valence-electron chi connectivity index (χ2n) is 3.25. The van der Waals surface area contributed by atoms with E-state index in [0.29, 0.717) is 12.0 Å². The molecule has 0 bridgehead atoms. The van der Waals surface area contributed by atoms with Gasteiger partial charge in [0.05, 0.1) is 5.02 Å². The third-order valence-corrected chi connectivity index (χ3v) is 2.34. The van der Waals surface area contributed by atoms with Crippen molar-refractivity contribution in [2.45, 2.75) is 25.7 Å². The zero-order chi connectivity index (χ0) is 12.3. The first-order valence-corrected chi connectivity index (χ1v) is 5.02. The standard InChI is InChI=1S/C10H11ClF3NO/c1-2-8(15)6-3-4-9(7(11)5-6)16-10(12,13)14/h3-5,8H,2,15H2,1H3/t8-/m1/s1. The molecule has 0 spiro atoms. The Hall–Kier alpha value is -0.940. The van der Waals surface area contributed by atoms with E-state index in [9.17, 15) is 13.2 Å². The maximum Gasteiger partial charge on any atom is 0.573 e. The van der Waals surface area contributed by atoms with Gasteiger partial charge in [-0.2, -0.15) is 0 Å². The molecule has 2 N–H and O–H groups in total. The van der Waals surface area contributed by atoms with E-state index in [-0.39, 0.29) is 11.1 Å². The lowest BCUT2D eigenvalue weighted by molar-refractivity contribution is -0.274. The molecular weight excluding hydrogens is 243 g/mol. The van der Waals surface area contributed by atoms with Gasteiger partial charge in [-0.05, 0) is 24.1 Å². The van der Waals surface area contributed by atoms with E-state index < -0.39 is 12.1 Å². The molecule has 0 saturated carbocycles. The molecule has 0 unspecified atom stereocenters. The largest absolute Gasteiger partial charge is 0.573 e. The fourth-order valence-corrected chi connectivity index (χ4v) is 1.42. The van der Waals surface area contributed by atoms with Crippen LogP contribution in [-0.4, -0.2) is 6.36 Å². The normalized spacial score (nSPS) is 13.6. The predicted octanol–water partition coefficient (Wildman–Crippen LogP) is 3.65. The van der Waals surface area contributed by atoms with Crippen molar-refractivity contribution in [3.63, 3.8) is 0 Å². The van der Waals surface area contributed by atoms with Gasteiger partial charge in [-0.3, -0.25) is 0 Å². The van der Waals surface area contributed by atoms with Gasteiger partial charge in [0.15, 0.2) is 0 Å². The third-order valence-electron chi connectivity index (χ3n) is 2.05. The van der Waals surface area contributed by atoms with Crippen molar-refractivity contribution in [2.24, 2.45) is 5.73 Å². The molecule has 1 atom stereocenters. The van der Waals surface area contributed by atoms with Crippen LogP contribution in [0.2, 0.25) is 5.02 Å². The SMILES string of the molecule is CC[C@@H](N)c1ccc(OC(F)(F)F)c(Cl)c1. The summed E-state index contributed by atoms with van der Waals surface area (Å²) in [5.74, 6) is -0.416. The summed E-state index contributed by atoms with van der Waals surface area (Å²) in [6.07, 6.45) is -4.06. The van der Waals surface area contributed by atoms with Crippen LogP contribution in [0.25, 0.3) is 0 Å². The minimum absolute atomic E-state index is 0.0984. The van der Waals surface area contributed by atoms with E-state index in [1.807, 2.05) is 6.92 Å². The number of benzene rings is 1. The molecule has 0 aliphatic carbocycles. The molecule has 1 aromatic carbocycles. The van der Waals surface area contributed by atoms with E-state index in [1.165, 1.54) is 18.2 Å². The predicted molar refractivity (Wildman–Crippen MR) is 55.4 cm³/mol. The van der Waals surface area contributed by atoms with Gasteiger partial charge < -0.3 is 10.5 Å². The van der Waals surface area contributed by atoms with Crippen LogP contribution in [0, 0.1) is 0 Å². The summed E-state index contributed by atoms with van der Waals surface area (Å²) in [6, 6.07) is 3.79. The van der Waals surface area contributed by atoms with Crippen LogP contribution in [0.3, 0.4) is 0 Å². The molecule has 6 heteroatoms. The molecule has 0 aliphatic heterocycles. The highest BCUT2D eigenvalue weighted by molar-refractivity contribution is 6.32. The number of halogens is 4. The molecule has 0 amide bonds.